The maximum Gasteiger partial charge on any atom is 0.310 e. The first-order valence-electron chi connectivity index (χ1n) is 7.17. The zero-order valence-electron chi connectivity index (χ0n) is 13.4. The van der Waals surface area contributed by atoms with E-state index < -0.39 is 9.84 Å². The molecule has 0 aromatic heterocycles. The van der Waals surface area contributed by atoms with Crippen molar-refractivity contribution in [2.24, 2.45) is 10.9 Å². The topological polar surface area (TPSA) is 88.1 Å². The summed E-state index contributed by atoms with van der Waals surface area (Å²) in [6.07, 6.45) is 2.90. The number of ether oxygens (including phenoxy) is 1. The van der Waals surface area contributed by atoms with Gasteiger partial charge in [-0.25, -0.2) is 8.42 Å². The average Bonchev–Trinajstić information content (AvgIpc) is 2.43. The van der Waals surface area contributed by atoms with Crippen molar-refractivity contribution in [2.75, 3.05) is 45.3 Å². The lowest BCUT2D eigenvalue weighted by Crippen LogP contribution is -2.49. The molecule has 0 bridgehead atoms. The van der Waals surface area contributed by atoms with Crippen molar-refractivity contribution < 1.29 is 17.9 Å². The van der Waals surface area contributed by atoms with Gasteiger partial charge >= 0.3 is 5.97 Å². The molecular formula is C13H26IN3O4S. The molecule has 1 aliphatic heterocycles. The molecule has 0 aromatic carbocycles. The van der Waals surface area contributed by atoms with E-state index in [2.05, 4.69) is 10.3 Å². The Morgan fingerprint density at radius 2 is 2.14 bits per heavy atom. The van der Waals surface area contributed by atoms with E-state index >= 15 is 0 Å². The third kappa shape index (κ3) is 7.61. The van der Waals surface area contributed by atoms with Crippen molar-refractivity contribution in [2.45, 2.75) is 19.8 Å². The molecule has 0 saturated carbocycles. The summed E-state index contributed by atoms with van der Waals surface area (Å²) in [4.78, 5) is 17.9. The number of halogens is 1. The maximum atomic E-state index is 11.8. The molecule has 0 spiro atoms. The molecular weight excluding hydrogens is 421 g/mol. The normalized spacial score (nSPS) is 19.3. The van der Waals surface area contributed by atoms with E-state index in [1.807, 2.05) is 4.90 Å². The minimum absolute atomic E-state index is 0. The zero-order chi connectivity index (χ0) is 15.9. The third-order valence-electron chi connectivity index (χ3n) is 3.31. The lowest BCUT2D eigenvalue weighted by Gasteiger charge is -2.33. The van der Waals surface area contributed by atoms with Crippen molar-refractivity contribution in [1.82, 2.24) is 10.2 Å². The second-order valence-electron chi connectivity index (χ2n) is 5.14. The van der Waals surface area contributed by atoms with Gasteiger partial charge in [0.1, 0.15) is 9.84 Å². The third-order valence-corrected chi connectivity index (χ3v) is 4.25. The molecule has 0 radical (unpaired) electrons. The Hall–Kier alpha value is -0.580. The van der Waals surface area contributed by atoms with E-state index in [0.717, 1.165) is 19.4 Å². The van der Waals surface area contributed by atoms with E-state index in [9.17, 15) is 13.2 Å². The molecule has 1 saturated heterocycles. The van der Waals surface area contributed by atoms with E-state index in [4.69, 9.17) is 4.74 Å². The summed E-state index contributed by atoms with van der Waals surface area (Å²) in [5, 5.41) is 3.03. The first-order chi connectivity index (χ1) is 9.87. The smallest absolute Gasteiger partial charge is 0.310 e. The SMILES string of the molecule is CCOC(=O)C1CCCN(C(=NC)NCCS(C)(=O)=O)C1.I. The van der Waals surface area contributed by atoms with Crippen molar-refractivity contribution in [3.05, 3.63) is 0 Å². The maximum absolute atomic E-state index is 11.8. The number of piperidine rings is 1. The van der Waals surface area contributed by atoms with Gasteiger partial charge in [0.25, 0.3) is 0 Å². The van der Waals surface area contributed by atoms with Gasteiger partial charge in [0.2, 0.25) is 0 Å². The van der Waals surface area contributed by atoms with Crippen LogP contribution in [0, 0.1) is 5.92 Å². The van der Waals surface area contributed by atoms with Gasteiger partial charge < -0.3 is 15.0 Å². The molecule has 9 heteroatoms. The van der Waals surface area contributed by atoms with Crippen LogP contribution < -0.4 is 5.32 Å². The van der Waals surface area contributed by atoms with Crippen molar-refractivity contribution in [1.29, 1.82) is 0 Å². The lowest BCUT2D eigenvalue weighted by molar-refractivity contribution is -0.149. The van der Waals surface area contributed by atoms with Crippen LogP contribution in [0.15, 0.2) is 4.99 Å². The van der Waals surface area contributed by atoms with Gasteiger partial charge in [-0.05, 0) is 19.8 Å². The van der Waals surface area contributed by atoms with E-state index in [1.54, 1.807) is 14.0 Å². The first kappa shape index (κ1) is 21.4. The lowest BCUT2D eigenvalue weighted by atomic mass is 9.98. The number of sulfone groups is 1. The minimum Gasteiger partial charge on any atom is -0.466 e. The van der Waals surface area contributed by atoms with Crippen molar-refractivity contribution in [3.63, 3.8) is 0 Å². The Balaban J connectivity index is 0.00000441. The number of esters is 1. The largest absolute Gasteiger partial charge is 0.466 e. The Labute approximate surface area is 149 Å². The van der Waals surface area contributed by atoms with Gasteiger partial charge in [-0.15, -0.1) is 24.0 Å². The van der Waals surface area contributed by atoms with Crippen LogP contribution in [0.25, 0.3) is 0 Å². The summed E-state index contributed by atoms with van der Waals surface area (Å²) < 4.78 is 27.3. The molecule has 1 aliphatic rings. The molecule has 1 N–H and O–H groups in total. The molecule has 22 heavy (non-hydrogen) atoms. The zero-order valence-corrected chi connectivity index (χ0v) is 16.5. The van der Waals surface area contributed by atoms with Crippen LogP contribution in [0.4, 0.5) is 0 Å². The molecule has 1 atom stereocenters. The number of nitrogens with one attached hydrogen (secondary N) is 1. The van der Waals surface area contributed by atoms with Crippen molar-refractivity contribution >= 4 is 45.7 Å². The fourth-order valence-corrected chi connectivity index (χ4v) is 2.78. The minimum atomic E-state index is -3.00. The number of nitrogens with zero attached hydrogens (tertiary/aromatic N) is 2. The van der Waals surface area contributed by atoms with Crippen LogP contribution in [0.1, 0.15) is 19.8 Å². The summed E-state index contributed by atoms with van der Waals surface area (Å²) in [5.74, 6) is 0.370. The van der Waals surface area contributed by atoms with Gasteiger partial charge in [-0.2, -0.15) is 0 Å². The number of hydrogen-bond acceptors (Lipinski definition) is 5. The fraction of sp³-hybridized carbons (Fsp3) is 0.846. The second kappa shape index (κ2) is 10.2. The van der Waals surface area contributed by atoms with E-state index in [0.29, 0.717) is 25.7 Å². The Morgan fingerprint density at radius 3 is 2.68 bits per heavy atom. The highest BCUT2D eigenvalue weighted by molar-refractivity contribution is 14.0. The summed E-state index contributed by atoms with van der Waals surface area (Å²) in [7, 11) is -1.35. The molecule has 0 aromatic rings. The van der Waals surface area contributed by atoms with Crippen LogP contribution >= 0.6 is 24.0 Å². The molecule has 0 aliphatic carbocycles. The van der Waals surface area contributed by atoms with Crippen molar-refractivity contribution in [3.8, 4) is 0 Å². The van der Waals surface area contributed by atoms with Crippen LogP contribution in [0.5, 0.6) is 0 Å². The van der Waals surface area contributed by atoms with E-state index in [1.165, 1.54) is 6.26 Å². The number of carbonyl (C=O) groups is 1. The Bertz CT molecular complexity index is 482. The molecule has 1 heterocycles. The number of hydrogen-bond donors (Lipinski definition) is 1. The predicted molar refractivity (Wildman–Crippen MR) is 97.4 cm³/mol. The summed E-state index contributed by atoms with van der Waals surface area (Å²) in [6.45, 7) is 3.85. The first-order valence-corrected chi connectivity index (χ1v) is 9.23. The van der Waals surface area contributed by atoms with Gasteiger partial charge in [-0.1, -0.05) is 0 Å². The highest BCUT2D eigenvalue weighted by Crippen LogP contribution is 2.17. The fourth-order valence-electron chi connectivity index (χ4n) is 2.30. The quantitative estimate of drug-likeness (QED) is 0.286. The standard InChI is InChI=1S/C13H25N3O4S.HI/c1-4-20-12(17)11-6-5-8-16(10-11)13(14-2)15-7-9-21(3,18)19;/h11H,4-10H2,1-3H3,(H,14,15);1H. The number of likely N-dealkylation sites (tertiary alicyclic amines) is 1. The van der Waals surface area contributed by atoms with Crippen LogP contribution in [0.3, 0.4) is 0 Å². The molecule has 1 fully saturated rings. The highest BCUT2D eigenvalue weighted by atomic mass is 127. The van der Waals surface area contributed by atoms with Gasteiger partial charge in [0.05, 0.1) is 18.3 Å². The van der Waals surface area contributed by atoms with Crippen LogP contribution in [0.2, 0.25) is 0 Å². The monoisotopic (exact) mass is 447 g/mol. The summed E-state index contributed by atoms with van der Waals surface area (Å²) in [5.41, 5.74) is 0. The molecule has 1 unspecified atom stereocenters. The predicted octanol–water partition coefficient (Wildman–Crippen LogP) is 0.500. The highest BCUT2D eigenvalue weighted by Gasteiger charge is 2.28. The van der Waals surface area contributed by atoms with Crippen LogP contribution in [-0.2, 0) is 19.4 Å². The number of aliphatic imine (C=N–C) groups is 1. The van der Waals surface area contributed by atoms with Gasteiger partial charge in [0.15, 0.2) is 5.96 Å². The number of rotatable bonds is 5. The van der Waals surface area contributed by atoms with Gasteiger partial charge in [0, 0.05) is 32.9 Å². The summed E-state index contributed by atoms with van der Waals surface area (Å²) >= 11 is 0. The van der Waals surface area contributed by atoms with Crippen LogP contribution in [-0.4, -0.2) is 70.5 Å². The molecule has 130 valence electrons. The summed E-state index contributed by atoms with van der Waals surface area (Å²) in [6, 6.07) is 0. The number of guanidine groups is 1. The Morgan fingerprint density at radius 1 is 1.45 bits per heavy atom. The van der Waals surface area contributed by atoms with E-state index in [-0.39, 0.29) is 41.6 Å². The second-order valence-corrected chi connectivity index (χ2v) is 7.40. The Kier molecular flexibility index (Phi) is 9.97. The molecule has 1 rings (SSSR count). The molecule has 0 amide bonds. The van der Waals surface area contributed by atoms with Gasteiger partial charge in [-0.3, -0.25) is 9.79 Å². The average molecular weight is 447 g/mol. The molecule has 7 nitrogen and oxygen atoms in total. The number of carbonyl (C=O) groups excluding carboxylic acids is 1.